The van der Waals surface area contributed by atoms with E-state index < -0.39 is 12.0 Å². The van der Waals surface area contributed by atoms with E-state index in [0.717, 1.165) is 52.5 Å². The van der Waals surface area contributed by atoms with Crippen molar-refractivity contribution in [2.24, 2.45) is 0 Å². The largest absolute Gasteiger partial charge is 0.353 e. The first-order valence-corrected chi connectivity index (χ1v) is 17.4. The van der Waals surface area contributed by atoms with Crippen molar-refractivity contribution in [3.8, 4) is 11.3 Å². The molecule has 0 saturated carbocycles. The van der Waals surface area contributed by atoms with Gasteiger partial charge in [-0.05, 0) is 72.7 Å². The van der Waals surface area contributed by atoms with Crippen LogP contribution in [0, 0.1) is 0 Å². The molecule has 4 N–H and O–H groups in total. The standard InChI is InChI=1S/C40H38ClN5O4/c41-36-30-24-29(43-39(49)33-14-8-22-46(33)34(47)23-25-9-3-1-4-10-25)19-20-31(30)44-37(36)28-17-15-27(16-18-28)35(26-11-5-2-6-12-26)40(50)45-38(48)32-13-7-21-42-32/h1-6,9-12,15-20,24,32-33,35,42,44H,7-8,13-14,21-23H2,(H,43,49)(H,45,48,50)/t32?,33-,35-/m0/s1. The molecule has 4 aromatic carbocycles. The first kappa shape index (κ1) is 33.3. The second-order valence-corrected chi connectivity index (χ2v) is 13.3. The molecule has 254 valence electrons. The maximum absolute atomic E-state index is 13.5. The van der Waals surface area contributed by atoms with Gasteiger partial charge in [-0.2, -0.15) is 0 Å². The van der Waals surface area contributed by atoms with Gasteiger partial charge in [0.05, 0.1) is 29.1 Å². The zero-order chi connectivity index (χ0) is 34.6. The summed E-state index contributed by atoms with van der Waals surface area (Å²) in [5, 5.41) is 10.0. The van der Waals surface area contributed by atoms with Crippen molar-refractivity contribution in [3.63, 3.8) is 0 Å². The predicted molar refractivity (Wildman–Crippen MR) is 195 cm³/mol. The average molecular weight is 688 g/mol. The van der Waals surface area contributed by atoms with Crippen molar-refractivity contribution in [1.29, 1.82) is 0 Å². The van der Waals surface area contributed by atoms with Crippen LogP contribution in [-0.4, -0.2) is 58.7 Å². The molecule has 4 amide bonds. The highest BCUT2D eigenvalue weighted by atomic mass is 35.5. The molecule has 5 aromatic rings. The SMILES string of the molecule is O=C(NC(=O)[C@@H](c1ccccc1)c1ccc(-c2[nH]c3ccc(NC(=O)[C@@H]4CCCN4C(=O)Cc4ccccc4)cc3c2Cl)cc1)C1CCCN1. The number of benzene rings is 4. The summed E-state index contributed by atoms with van der Waals surface area (Å²) in [7, 11) is 0. The van der Waals surface area contributed by atoms with E-state index in [2.05, 4.69) is 20.9 Å². The minimum atomic E-state index is -0.676. The fraction of sp³-hybridized carbons (Fsp3) is 0.250. The summed E-state index contributed by atoms with van der Waals surface area (Å²) in [6.45, 7) is 1.32. The van der Waals surface area contributed by atoms with Crippen LogP contribution in [0.3, 0.4) is 0 Å². The predicted octanol–water partition coefficient (Wildman–Crippen LogP) is 6.19. The van der Waals surface area contributed by atoms with Gasteiger partial charge in [0.1, 0.15) is 6.04 Å². The number of carbonyl (C=O) groups is 4. The molecule has 0 bridgehead atoms. The van der Waals surface area contributed by atoms with E-state index in [-0.39, 0.29) is 36.1 Å². The molecule has 1 unspecified atom stereocenters. The van der Waals surface area contributed by atoms with E-state index >= 15 is 0 Å². The Balaban J connectivity index is 1.07. The molecule has 1 aromatic heterocycles. The number of nitrogens with zero attached hydrogens (tertiary/aromatic N) is 1. The number of fused-ring (bicyclic) bond motifs is 1. The van der Waals surface area contributed by atoms with Crippen molar-refractivity contribution in [2.75, 3.05) is 18.4 Å². The Kier molecular flexibility index (Phi) is 9.78. The summed E-state index contributed by atoms with van der Waals surface area (Å²) in [5.41, 5.74) is 5.35. The van der Waals surface area contributed by atoms with Gasteiger partial charge in [-0.3, -0.25) is 24.5 Å². The third-order valence-corrected chi connectivity index (χ3v) is 10.0. The van der Waals surface area contributed by atoms with Crippen LogP contribution in [0.4, 0.5) is 5.69 Å². The van der Waals surface area contributed by atoms with Gasteiger partial charge < -0.3 is 20.5 Å². The summed E-state index contributed by atoms with van der Waals surface area (Å²) < 4.78 is 0. The first-order valence-electron chi connectivity index (χ1n) is 17.0. The molecule has 3 atom stereocenters. The number of anilines is 1. The molecular weight excluding hydrogens is 650 g/mol. The normalized spacial score (nSPS) is 17.8. The number of rotatable bonds is 9. The minimum absolute atomic E-state index is 0.0563. The van der Waals surface area contributed by atoms with E-state index in [1.807, 2.05) is 103 Å². The molecule has 9 nitrogen and oxygen atoms in total. The maximum atomic E-state index is 13.5. The number of nitrogens with one attached hydrogen (secondary N) is 4. The van der Waals surface area contributed by atoms with E-state index in [0.29, 0.717) is 35.8 Å². The number of carbonyl (C=O) groups excluding carboxylic acids is 4. The van der Waals surface area contributed by atoms with Crippen molar-refractivity contribution in [1.82, 2.24) is 20.5 Å². The van der Waals surface area contributed by atoms with Gasteiger partial charge in [0.2, 0.25) is 23.6 Å². The van der Waals surface area contributed by atoms with Gasteiger partial charge in [-0.15, -0.1) is 0 Å². The highest BCUT2D eigenvalue weighted by Crippen LogP contribution is 2.37. The summed E-state index contributed by atoms with van der Waals surface area (Å²) in [4.78, 5) is 57.9. The number of hydrogen-bond acceptors (Lipinski definition) is 5. The molecule has 2 saturated heterocycles. The molecule has 3 heterocycles. The summed E-state index contributed by atoms with van der Waals surface area (Å²) in [6, 6.07) is 31.2. The van der Waals surface area contributed by atoms with Crippen LogP contribution in [0.1, 0.15) is 48.3 Å². The minimum Gasteiger partial charge on any atom is -0.353 e. The molecule has 10 heteroatoms. The molecule has 7 rings (SSSR count). The van der Waals surface area contributed by atoms with E-state index in [1.54, 1.807) is 4.90 Å². The molecule has 50 heavy (non-hydrogen) atoms. The fourth-order valence-corrected chi connectivity index (χ4v) is 7.36. The zero-order valence-corrected chi connectivity index (χ0v) is 28.2. The average Bonchev–Trinajstić information content (AvgIpc) is 3.91. The lowest BCUT2D eigenvalue weighted by Crippen LogP contribution is -2.45. The summed E-state index contributed by atoms with van der Waals surface area (Å²) in [5.74, 6) is -1.63. The van der Waals surface area contributed by atoms with Crippen LogP contribution < -0.4 is 16.0 Å². The third kappa shape index (κ3) is 7.06. The Morgan fingerprint density at radius 3 is 2.26 bits per heavy atom. The lowest BCUT2D eigenvalue weighted by atomic mass is 9.89. The number of amides is 4. The summed E-state index contributed by atoms with van der Waals surface area (Å²) in [6.07, 6.45) is 3.26. The number of likely N-dealkylation sites (tertiary alicyclic amines) is 1. The second kappa shape index (κ2) is 14.7. The van der Waals surface area contributed by atoms with Crippen molar-refractivity contribution >= 4 is 51.8 Å². The van der Waals surface area contributed by atoms with Gasteiger partial charge in [0.25, 0.3) is 0 Å². The highest BCUT2D eigenvalue weighted by molar-refractivity contribution is 6.38. The first-order chi connectivity index (χ1) is 24.4. The third-order valence-electron chi connectivity index (χ3n) is 9.63. The van der Waals surface area contributed by atoms with E-state index in [1.165, 1.54) is 0 Å². The van der Waals surface area contributed by atoms with Crippen LogP contribution in [0.2, 0.25) is 5.02 Å². The highest BCUT2D eigenvalue weighted by Gasteiger charge is 2.34. The van der Waals surface area contributed by atoms with Gasteiger partial charge in [-0.25, -0.2) is 0 Å². The Morgan fingerprint density at radius 1 is 0.820 bits per heavy atom. The van der Waals surface area contributed by atoms with Crippen LogP contribution in [-0.2, 0) is 25.6 Å². The molecule has 2 aliphatic rings. The Bertz CT molecular complexity index is 2020. The van der Waals surface area contributed by atoms with E-state index in [4.69, 9.17) is 11.6 Å². The number of aromatic nitrogens is 1. The van der Waals surface area contributed by atoms with Gasteiger partial charge in [-0.1, -0.05) is 96.5 Å². The van der Waals surface area contributed by atoms with Crippen LogP contribution in [0.15, 0.2) is 103 Å². The molecule has 2 fully saturated rings. The van der Waals surface area contributed by atoms with Gasteiger partial charge in [0.15, 0.2) is 0 Å². The molecule has 0 spiro atoms. The lowest BCUT2D eigenvalue weighted by molar-refractivity contribution is -0.136. The number of halogens is 1. The van der Waals surface area contributed by atoms with Gasteiger partial charge >= 0.3 is 0 Å². The molecular formula is C40H38ClN5O4. The molecule has 0 radical (unpaired) electrons. The van der Waals surface area contributed by atoms with Crippen molar-refractivity contribution in [2.45, 2.75) is 50.1 Å². The van der Waals surface area contributed by atoms with Crippen molar-refractivity contribution in [3.05, 3.63) is 125 Å². The van der Waals surface area contributed by atoms with Crippen LogP contribution in [0.25, 0.3) is 22.2 Å². The second-order valence-electron chi connectivity index (χ2n) is 12.9. The van der Waals surface area contributed by atoms with Gasteiger partial charge in [0, 0.05) is 23.1 Å². The fourth-order valence-electron chi connectivity index (χ4n) is 7.04. The smallest absolute Gasteiger partial charge is 0.247 e. The topological polar surface area (TPSA) is 123 Å². The number of hydrogen-bond donors (Lipinski definition) is 4. The lowest BCUT2D eigenvalue weighted by Gasteiger charge is -2.24. The molecule has 2 aliphatic heterocycles. The maximum Gasteiger partial charge on any atom is 0.247 e. The number of H-pyrrole nitrogens is 1. The summed E-state index contributed by atoms with van der Waals surface area (Å²) >= 11 is 6.93. The number of aromatic amines is 1. The van der Waals surface area contributed by atoms with Crippen LogP contribution in [0.5, 0.6) is 0 Å². The Labute approximate surface area is 295 Å². The van der Waals surface area contributed by atoms with Crippen LogP contribution >= 0.6 is 11.6 Å². The molecule has 0 aliphatic carbocycles. The Hall–Kier alpha value is -5.25. The van der Waals surface area contributed by atoms with Crippen molar-refractivity contribution < 1.29 is 19.2 Å². The quantitative estimate of drug-likeness (QED) is 0.147. The monoisotopic (exact) mass is 687 g/mol. The zero-order valence-electron chi connectivity index (χ0n) is 27.5. The number of imide groups is 1. The Morgan fingerprint density at radius 2 is 1.54 bits per heavy atom. The van der Waals surface area contributed by atoms with E-state index in [9.17, 15) is 19.2 Å².